The SMILES string of the molecule is COc1ccc(-c2nc3ccc(C4CCN(C5CCN(C(C)C)CC5)CC4)cc3n2CC(F)F)cc1OC. The second-order valence-corrected chi connectivity index (χ2v) is 10.9. The number of alkyl halides is 2. The standard InChI is InChI=1S/C30H40F2N4O2/c1-20(2)34-15-11-24(12-16-34)35-13-9-21(10-14-35)22-5-7-25-26(17-22)36(19-29(31)32)30(33-25)23-6-8-27(37-3)28(18-23)38-4/h5-8,17-18,20-21,24,29H,9-16,19H2,1-4H3. The Morgan fingerprint density at radius 2 is 1.61 bits per heavy atom. The van der Waals surface area contributed by atoms with Crippen LogP contribution < -0.4 is 9.47 Å². The molecule has 3 heterocycles. The molecule has 3 aromatic rings. The van der Waals surface area contributed by atoms with Gasteiger partial charge in [-0.1, -0.05) is 6.07 Å². The van der Waals surface area contributed by atoms with Crippen LogP contribution in [-0.4, -0.2) is 78.3 Å². The Morgan fingerprint density at radius 1 is 0.895 bits per heavy atom. The molecule has 2 aliphatic heterocycles. The topological polar surface area (TPSA) is 42.8 Å². The van der Waals surface area contributed by atoms with Crippen LogP contribution in [-0.2, 0) is 6.54 Å². The lowest BCUT2D eigenvalue weighted by atomic mass is 9.87. The third-order valence-electron chi connectivity index (χ3n) is 8.48. The van der Waals surface area contributed by atoms with Crippen LogP contribution in [0.3, 0.4) is 0 Å². The van der Waals surface area contributed by atoms with E-state index in [1.165, 1.54) is 31.5 Å². The molecule has 0 N–H and O–H groups in total. The molecule has 0 atom stereocenters. The Bertz CT molecular complexity index is 1230. The molecule has 206 valence electrons. The van der Waals surface area contributed by atoms with E-state index in [2.05, 4.69) is 35.8 Å². The van der Waals surface area contributed by atoms with Crippen LogP contribution in [0.1, 0.15) is 51.0 Å². The molecule has 0 amide bonds. The Labute approximate surface area is 224 Å². The van der Waals surface area contributed by atoms with Gasteiger partial charge in [-0.25, -0.2) is 13.8 Å². The number of likely N-dealkylation sites (tertiary alicyclic amines) is 2. The van der Waals surface area contributed by atoms with Gasteiger partial charge in [0.2, 0.25) is 0 Å². The van der Waals surface area contributed by atoms with Gasteiger partial charge in [-0.05, 0) is 108 Å². The Balaban J connectivity index is 1.36. The van der Waals surface area contributed by atoms with Crippen molar-refractivity contribution in [3.8, 4) is 22.9 Å². The van der Waals surface area contributed by atoms with Crippen molar-refractivity contribution >= 4 is 11.0 Å². The summed E-state index contributed by atoms with van der Waals surface area (Å²) in [6.07, 6.45) is 2.21. The number of hydrogen-bond donors (Lipinski definition) is 0. The molecule has 0 radical (unpaired) electrons. The summed E-state index contributed by atoms with van der Waals surface area (Å²) in [7, 11) is 3.14. The van der Waals surface area contributed by atoms with Crippen LogP contribution in [0.25, 0.3) is 22.4 Å². The van der Waals surface area contributed by atoms with E-state index in [1.54, 1.807) is 30.9 Å². The summed E-state index contributed by atoms with van der Waals surface area (Å²) in [4.78, 5) is 10.0. The van der Waals surface area contributed by atoms with Gasteiger partial charge in [0.15, 0.2) is 11.5 Å². The number of rotatable bonds is 8. The van der Waals surface area contributed by atoms with Crippen LogP contribution in [0.2, 0.25) is 0 Å². The fourth-order valence-electron chi connectivity index (χ4n) is 6.28. The maximum absolute atomic E-state index is 13.7. The molecule has 0 spiro atoms. The third-order valence-corrected chi connectivity index (χ3v) is 8.48. The zero-order valence-electron chi connectivity index (χ0n) is 23.0. The largest absolute Gasteiger partial charge is 0.493 e. The first kappa shape index (κ1) is 26.9. The van der Waals surface area contributed by atoms with Gasteiger partial charge < -0.3 is 23.8 Å². The van der Waals surface area contributed by atoms with E-state index in [-0.39, 0.29) is 0 Å². The maximum Gasteiger partial charge on any atom is 0.256 e. The highest BCUT2D eigenvalue weighted by atomic mass is 19.3. The van der Waals surface area contributed by atoms with Crippen molar-refractivity contribution in [2.75, 3.05) is 40.4 Å². The van der Waals surface area contributed by atoms with Crippen molar-refractivity contribution in [1.29, 1.82) is 0 Å². The number of halogens is 2. The van der Waals surface area contributed by atoms with E-state index in [0.29, 0.717) is 35.3 Å². The normalized spacial score (nSPS) is 18.6. The Morgan fingerprint density at radius 3 is 2.24 bits per heavy atom. The van der Waals surface area contributed by atoms with Crippen molar-refractivity contribution in [2.45, 2.75) is 70.5 Å². The first-order valence-electron chi connectivity index (χ1n) is 13.9. The van der Waals surface area contributed by atoms with Gasteiger partial charge in [0.05, 0.1) is 31.8 Å². The zero-order valence-corrected chi connectivity index (χ0v) is 23.0. The van der Waals surface area contributed by atoms with Crippen LogP contribution in [0.15, 0.2) is 36.4 Å². The molecule has 1 aromatic heterocycles. The number of piperidine rings is 2. The summed E-state index contributed by atoms with van der Waals surface area (Å²) < 4.78 is 39.9. The summed E-state index contributed by atoms with van der Waals surface area (Å²) in [5, 5.41) is 0. The molecule has 0 saturated carbocycles. The van der Waals surface area contributed by atoms with Crippen molar-refractivity contribution in [2.24, 2.45) is 0 Å². The lowest BCUT2D eigenvalue weighted by Crippen LogP contribution is -2.48. The van der Waals surface area contributed by atoms with Gasteiger partial charge >= 0.3 is 0 Å². The predicted molar refractivity (Wildman–Crippen MR) is 148 cm³/mol. The summed E-state index contributed by atoms with van der Waals surface area (Å²) in [6, 6.07) is 13.0. The molecule has 0 aliphatic carbocycles. The van der Waals surface area contributed by atoms with Gasteiger partial charge in [0, 0.05) is 17.6 Å². The van der Waals surface area contributed by atoms with E-state index in [1.807, 2.05) is 12.1 Å². The summed E-state index contributed by atoms with van der Waals surface area (Å²) in [5.74, 6) is 2.08. The van der Waals surface area contributed by atoms with E-state index >= 15 is 0 Å². The number of imidazole rings is 1. The van der Waals surface area contributed by atoms with E-state index in [4.69, 9.17) is 14.5 Å². The minimum Gasteiger partial charge on any atom is -0.493 e. The molecule has 2 fully saturated rings. The second kappa shape index (κ2) is 11.6. The average molecular weight is 527 g/mol. The van der Waals surface area contributed by atoms with Gasteiger partial charge in [-0.2, -0.15) is 0 Å². The number of methoxy groups -OCH3 is 2. The molecule has 2 aliphatic rings. The summed E-state index contributed by atoms with van der Waals surface area (Å²) >= 11 is 0. The molecule has 6 nitrogen and oxygen atoms in total. The lowest BCUT2D eigenvalue weighted by Gasteiger charge is -2.42. The number of hydrogen-bond acceptors (Lipinski definition) is 5. The van der Waals surface area contributed by atoms with Gasteiger partial charge in [-0.3, -0.25) is 0 Å². The van der Waals surface area contributed by atoms with E-state index in [0.717, 1.165) is 42.5 Å². The van der Waals surface area contributed by atoms with Crippen LogP contribution in [0.4, 0.5) is 8.78 Å². The summed E-state index contributed by atoms with van der Waals surface area (Å²) in [5.41, 5.74) is 3.43. The van der Waals surface area contributed by atoms with Gasteiger partial charge in [0.1, 0.15) is 5.82 Å². The van der Waals surface area contributed by atoms with E-state index in [9.17, 15) is 8.78 Å². The Kier molecular flexibility index (Phi) is 8.19. The van der Waals surface area contributed by atoms with Crippen molar-refractivity contribution in [1.82, 2.24) is 19.4 Å². The molecule has 5 rings (SSSR count). The smallest absolute Gasteiger partial charge is 0.256 e. The monoisotopic (exact) mass is 526 g/mol. The Hall–Kier alpha value is -2.71. The third kappa shape index (κ3) is 5.52. The zero-order chi connectivity index (χ0) is 26.8. The van der Waals surface area contributed by atoms with Crippen molar-refractivity contribution < 1.29 is 18.3 Å². The average Bonchev–Trinajstić information content (AvgIpc) is 3.29. The maximum atomic E-state index is 13.7. The summed E-state index contributed by atoms with van der Waals surface area (Å²) in [6.45, 7) is 8.74. The molecular formula is C30H40F2N4O2. The molecule has 0 bridgehead atoms. The number of aromatic nitrogens is 2. The first-order chi connectivity index (χ1) is 18.4. The van der Waals surface area contributed by atoms with Crippen molar-refractivity contribution in [3.05, 3.63) is 42.0 Å². The molecular weight excluding hydrogens is 486 g/mol. The molecule has 0 unspecified atom stereocenters. The highest BCUT2D eigenvalue weighted by Crippen LogP contribution is 2.36. The van der Waals surface area contributed by atoms with Crippen LogP contribution in [0.5, 0.6) is 11.5 Å². The lowest BCUT2D eigenvalue weighted by molar-refractivity contribution is 0.0753. The number of nitrogens with zero attached hydrogens (tertiary/aromatic N) is 4. The number of ether oxygens (including phenoxy) is 2. The van der Waals surface area contributed by atoms with E-state index < -0.39 is 13.0 Å². The fourth-order valence-corrected chi connectivity index (χ4v) is 6.28. The molecule has 2 aromatic carbocycles. The fraction of sp³-hybridized carbons (Fsp3) is 0.567. The minimum absolute atomic E-state index is 0.406. The molecule has 8 heteroatoms. The van der Waals surface area contributed by atoms with Crippen molar-refractivity contribution in [3.63, 3.8) is 0 Å². The van der Waals surface area contributed by atoms with Gasteiger partial charge in [-0.15, -0.1) is 0 Å². The quantitative estimate of drug-likeness (QED) is 0.358. The molecule has 38 heavy (non-hydrogen) atoms. The van der Waals surface area contributed by atoms with Crippen LogP contribution in [0, 0.1) is 0 Å². The number of benzene rings is 2. The molecule has 2 saturated heterocycles. The van der Waals surface area contributed by atoms with Crippen LogP contribution >= 0.6 is 0 Å². The highest BCUT2D eigenvalue weighted by molar-refractivity contribution is 5.82. The highest BCUT2D eigenvalue weighted by Gasteiger charge is 2.29. The van der Waals surface area contributed by atoms with Gasteiger partial charge in [0.25, 0.3) is 6.43 Å². The second-order valence-electron chi connectivity index (χ2n) is 10.9. The first-order valence-corrected chi connectivity index (χ1v) is 13.9. The number of fused-ring (bicyclic) bond motifs is 1. The predicted octanol–water partition coefficient (Wildman–Crippen LogP) is 6.04. The minimum atomic E-state index is -2.49.